The quantitative estimate of drug-likeness (QED) is 0.775. The van der Waals surface area contributed by atoms with Crippen LogP contribution < -0.4 is 10.2 Å². The van der Waals surface area contributed by atoms with Gasteiger partial charge in [-0.1, -0.05) is 12.1 Å². The summed E-state index contributed by atoms with van der Waals surface area (Å²) in [5.41, 5.74) is 0.590. The summed E-state index contributed by atoms with van der Waals surface area (Å²) in [5.74, 6) is -1.46. The van der Waals surface area contributed by atoms with Crippen LogP contribution in [0.3, 0.4) is 0 Å². The zero-order chi connectivity index (χ0) is 19.8. The van der Waals surface area contributed by atoms with Crippen LogP contribution in [0.5, 0.6) is 0 Å². The number of hydrogen-bond acceptors (Lipinski definition) is 6. The smallest absolute Gasteiger partial charge is 0.415 e. The third-order valence-corrected chi connectivity index (χ3v) is 5.63. The van der Waals surface area contributed by atoms with E-state index in [-0.39, 0.29) is 6.54 Å². The summed E-state index contributed by atoms with van der Waals surface area (Å²) in [7, 11) is 0. The molecule has 4 rings (SSSR count). The maximum atomic E-state index is 12.5. The van der Waals surface area contributed by atoms with E-state index < -0.39 is 36.0 Å². The monoisotopic (exact) mass is 399 g/mol. The molecular weight excluding hydrogens is 382 g/mol. The average Bonchev–Trinajstić information content (AvgIpc) is 3.40. The minimum Gasteiger partial charge on any atom is -0.442 e. The summed E-state index contributed by atoms with van der Waals surface area (Å²) in [6, 6.07) is 9.16. The van der Waals surface area contributed by atoms with Crippen molar-refractivity contribution in [3.63, 3.8) is 0 Å². The van der Waals surface area contributed by atoms with E-state index >= 15 is 0 Å². The fourth-order valence-corrected chi connectivity index (χ4v) is 4.00. The lowest BCUT2D eigenvalue weighted by Crippen LogP contribution is -2.49. The van der Waals surface area contributed by atoms with Gasteiger partial charge in [-0.2, -0.15) is 0 Å². The number of ether oxygens (including phenoxy) is 1. The molecule has 0 bridgehead atoms. The van der Waals surface area contributed by atoms with Crippen molar-refractivity contribution in [1.82, 2.24) is 10.2 Å². The van der Waals surface area contributed by atoms with Crippen molar-refractivity contribution < 1.29 is 23.9 Å². The van der Waals surface area contributed by atoms with Crippen LogP contribution in [0.15, 0.2) is 41.8 Å². The zero-order valence-corrected chi connectivity index (χ0v) is 15.8. The number of cyclic esters (lactones) is 1. The molecule has 2 atom stereocenters. The molecule has 3 heterocycles. The Labute approximate surface area is 164 Å². The lowest BCUT2D eigenvalue weighted by molar-refractivity contribution is -0.124. The molecule has 1 fully saturated rings. The highest BCUT2D eigenvalue weighted by atomic mass is 32.1. The van der Waals surface area contributed by atoms with Gasteiger partial charge in [0, 0.05) is 0 Å². The van der Waals surface area contributed by atoms with Gasteiger partial charge in [-0.05, 0) is 36.6 Å². The molecule has 1 saturated heterocycles. The maximum absolute atomic E-state index is 12.5. The number of anilines is 1. The number of amides is 4. The van der Waals surface area contributed by atoms with E-state index in [1.54, 1.807) is 24.3 Å². The SMILES string of the molecule is CC(C(=O)NCC1CN(c2cccs2)C(=O)O1)N1C(=O)c2ccccc2C1=O. The maximum Gasteiger partial charge on any atom is 0.415 e. The van der Waals surface area contributed by atoms with Crippen molar-refractivity contribution >= 4 is 40.2 Å². The van der Waals surface area contributed by atoms with Crippen LogP contribution in [0.1, 0.15) is 27.6 Å². The Hall–Kier alpha value is -3.20. The zero-order valence-electron chi connectivity index (χ0n) is 15.0. The molecule has 0 radical (unpaired) electrons. The molecule has 9 heteroatoms. The van der Waals surface area contributed by atoms with E-state index in [0.717, 1.165) is 9.90 Å². The van der Waals surface area contributed by atoms with Crippen molar-refractivity contribution in [2.24, 2.45) is 0 Å². The van der Waals surface area contributed by atoms with Crippen molar-refractivity contribution in [3.05, 3.63) is 52.9 Å². The van der Waals surface area contributed by atoms with E-state index in [4.69, 9.17) is 4.74 Å². The first-order chi connectivity index (χ1) is 13.5. The van der Waals surface area contributed by atoms with Crippen LogP contribution >= 0.6 is 11.3 Å². The standard InChI is InChI=1S/C19H17N3O5S/c1-11(22-17(24)13-5-2-3-6-14(13)18(22)25)16(23)20-9-12-10-21(19(26)27-12)15-7-4-8-28-15/h2-8,11-12H,9-10H2,1H3,(H,20,23). The second-order valence-electron chi connectivity index (χ2n) is 6.51. The van der Waals surface area contributed by atoms with E-state index in [1.807, 2.05) is 17.5 Å². The molecule has 1 aromatic carbocycles. The first-order valence-corrected chi connectivity index (χ1v) is 9.61. The molecule has 2 unspecified atom stereocenters. The first-order valence-electron chi connectivity index (χ1n) is 8.73. The van der Waals surface area contributed by atoms with Crippen LogP contribution in [0.2, 0.25) is 0 Å². The van der Waals surface area contributed by atoms with Crippen LogP contribution in [-0.4, -0.2) is 54.0 Å². The fraction of sp³-hybridized carbons (Fsp3) is 0.263. The third-order valence-electron chi connectivity index (χ3n) is 4.74. The van der Waals surface area contributed by atoms with Crippen molar-refractivity contribution in [2.45, 2.75) is 19.1 Å². The highest BCUT2D eigenvalue weighted by Gasteiger charge is 2.41. The molecule has 1 aromatic heterocycles. The third kappa shape index (κ3) is 3.03. The average molecular weight is 399 g/mol. The molecule has 1 N–H and O–H groups in total. The molecule has 2 aromatic rings. The summed E-state index contributed by atoms with van der Waals surface area (Å²) in [6.07, 6.45) is -0.969. The number of benzene rings is 1. The molecule has 0 saturated carbocycles. The Bertz CT molecular complexity index is 923. The van der Waals surface area contributed by atoms with Crippen LogP contribution in [0.4, 0.5) is 9.80 Å². The number of nitrogens with zero attached hydrogens (tertiary/aromatic N) is 2. The molecule has 0 aliphatic carbocycles. The van der Waals surface area contributed by atoms with E-state index in [9.17, 15) is 19.2 Å². The molecule has 0 spiro atoms. The normalized spacial score (nSPS) is 19.6. The van der Waals surface area contributed by atoms with Crippen molar-refractivity contribution in [1.29, 1.82) is 0 Å². The number of rotatable bonds is 5. The summed E-state index contributed by atoms with van der Waals surface area (Å²) in [6.45, 7) is 1.91. The molecule has 28 heavy (non-hydrogen) atoms. The Morgan fingerprint density at radius 3 is 2.46 bits per heavy atom. The molecular formula is C19H17N3O5S. The van der Waals surface area contributed by atoms with Crippen molar-refractivity contribution in [2.75, 3.05) is 18.0 Å². The second kappa shape index (κ2) is 7.08. The highest BCUT2D eigenvalue weighted by molar-refractivity contribution is 7.14. The van der Waals surface area contributed by atoms with Gasteiger partial charge in [0.05, 0.1) is 24.2 Å². The number of carbonyl (C=O) groups is 4. The summed E-state index contributed by atoms with van der Waals surface area (Å²) in [5, 5.41) is 5.31. The van der Waals surface area contributed by atoms with Crippen molar-refractivity contribution in [3.8, 4) is 0 Å². The predicted octanol–water partition coefficient (Wildman–Crippen LogP) is 1.87. The summed E-state index contributed by atoms with van der Waals surface area (Å²) in [4.78, 5) is 51.9. The number of nitrogens with one attached hydrogen (secondary N) is 1. The van der Waals surface area contributed by atoms with Gasteiger partial charge in [-0.25, -0.2) is 4.79 Å². The number of fused-ring (bicyclic) bond motifs is 1. The molecule has 2 aliphatic heterocycles. The van der Waals surface area contributed by atoms with E-state index in [2.05, 4.69) is 5.32 Å². The second-order valence-corrected chi connectivity index (χ2v) is 7.44. The minimum atomic E-state index is -0.974. The molecule has 4 amide bonds. The topological polar surface area (TPSA) is 96.0 Å². The molecule has 144 valence electrons. The van der Waals surface area contributed by atoms with Crippen LogP contribution in [-0.2, 0) is 9.53 Å². The van der Waals surface area contributed by atoms with Gasteiger partial charge in [0.25, 0.3) is 11.8 Å². The van der Waals surface area contributed by atoms with E-state index in [0.29, 0.717) is 17.7 Å². The predicted molar refractivity (Wildman–Crippen MR) is 101 cm³/mol. The van der Waals surface area contributed by atoms with Gasteiger partial charge in [-0.15, -0.1) is 11.3 Å². The first kappa shape index (κ1) is 18.2. The highest BCUT2D eigenvalue weighted by Crippen LogP contribution is 2.26. The van der Waals surface area contributed by atoms with Gasteiger partial charge < -0.3 is 10.1 Å². The van der Waals surface area contributed by atoms with Crippen LogP contribution in [0.25, 0.3) is 0 Å². The molecule has 2 aliphatic rings. The van der Waals surface area contributed by atoms with Gasteiger partial charge in [0.1, 0.15) is 17.1 Å². The number of hydrogen-bond donors (Lipinski definition) is 1. The van der Waals surface area contributed by atoms with Crippen LogP contribution in [0, 0.1) is 0 Å². The van der Waals surface area contributed by atoms with Gasteiger partial charge in [-0.3, -0.25) is 24.2 Å². The number of thiophene rings is 1. The molecule has 8 nitrogen and oxygen atoms in total. The van der Waals surface area contributed by atoms with Gasteiger partial charge in [0.15, 0.2) is 0 Å². The Morgan fingerprint density at radius 1 is 1.18 bits per heavy atom. The van der Waals surface area contributed by atoms with Gasteiger partial charge >= 0.3 is 6.09 Å². The lowest BCUT2D eigenvalue weighted by atomic mass is 10.1. The lowest BCUT2D eigenvalue weighted by Gasteiger charge is -2.22. The minimum absolute atomic E-state index is 0.0972. The van der Waals surface area contributed by atoms with Gasteiger partial charge in [0.2, 0.25) is 5.91 Å². The Morgan fingerprint density at radius 2 is 1.86 bits per heavy atom. The largest absolute Gasteiger partial charge is 0.442 e. The Kier molecular flexibility index (Phi) is 4.60. The summed E-state index contributed by atoms with van der Waals surface area (Å²) < 4.78 is 5.28. The van der Waals surface area contributed by atoms with E-state index in [1.165, 1.54) is 23.2 Å². The summed E-state index contributed by atoms with van der Waals surface area (Å²) >= 11 is 1.42. The fourth-order valence-electron chi connectivity index (χ4n) is 3.27. The number of carbonyl (C=O) groups excluding carboxylic acids is 4. The number of imide groups is 1. The Balaban J connectivity index is 1.37.